The van der Waals surface area contributed by atoms with Crippen molar-refractivity contribution in [2.24, 2.45) is 0 Å². The first-order valence-electron chi connectivity index (χ1n) is 10.3. The fraction of sp³-hybridized carbons (Fsp3) is 0.333. The van der Waals surface area contributed by atoms with Crippen LogP contribution in [0.2, 0.25) is 0 Å². The minimum atomic E-state index is -0.273. The lowest BCUT2D eigenvalue weighted by Gasteiger charge is -2.35. The third-order valence-corrected chi connectivity index (χ3v) is 5.18. The Labute approximate surface area is 176 Å². The molecule has 1 N–H and O–H groups in total. The summed E-state index contributed by atoms with van der Waals surface area (Å²) in [7, 11) is 0. The smallest absolute Gasteiger partial charge is 0.290 e. The highest BCUT2D eigenvalue weighted by atomic mass is 16.5. The van der Waals surface area contributed by atoms with E-state index in [1.165, 1.54) is 5.56 Å². The molecule has 3 aromatic rings. The second-order valence-corrected chi connectivity index (χ2v) is 7.89. The number of nitrogens with one attached hydrogen (secondary N) is 1. The molecule has 1 fully saturated rings. The van der Waals surface area contributed by atoms with E-state index in [4.69, 9.17) is 9.26 Å². The van der Waals surface area contributed by atoms with Gasteiger partial charge in [-0.15, -0.1) is 0 Å². The molecule has 156 valence electrons. The number of amides is 1. The number of morpholine rings is 1. The van der Waals surface area contributed by atoms with Crippen molar-refractivity contribution in [3.05, 3.63) is 77.6 Å². The standard InChI is InChI=1S/C24H27N3O3/c1-17-14-27(15-18(2)29-17)16-20-10-8-19(9-11-20)13-25-24(28)23-12-22(26-30-23)21-6-4-3-5-7-21/h3-12,17-18H,13-16H2,1-2H3,(H,25,28). The quantitative estimate of drug-likeness (QED) is 0.674. The number of nitrogens with zero attached hydrogens (tertiary/aromatic N) is 2. The Morgan fingerprint density at radius 3 is 2.40 bits per heavy atom. The molecule has 1 aliphatic heterocycles. The van der Waals surface area contributed by atoms with Crippen molar-refractivity contribution < 1.29 is 14.1 Å². The summed E-state index contributed by atoms with van der Waals surface area (Å²) < 4.78 is 11.0. The zero-order valence-electron chi connectivity index (χ0n) is 17.4. The predicted molar refractivity (Wildman–Crippen MR) is 115 cm³/mol. The van der Waals surface area contributed by atoms with Crippen molar-refractivity contribution in [2.45, 2.75) is 39.1 Å². The van der Waals surface area contributed by atoms with Crippen LogP contribution in [0.15, 0.2) is 65.2 Å². The molecular weight excluding hydrogens is 378 g/mol. The fourth-order valence-electron chi connectivity index (χ4n) is 3.83. The number of rotatable bonds is 6. The first kappa shape index (κ1) is 20.3. The first-order valence-corrected chi connectivity index (χ1v) is 10.3. The number of carbonyl (C=O) groups excluding carboxylic acids is 1. The van der Waals surface area contributed by atoms with Gasteiger partial charge in [-0.2, -0.15) is 0 Å². The summed E-state index contributed by atoms with van der Waals surface area (Å²) >= 11 is 0. The first-order chi connectivity index (χ1) is 14.6. The van der Waals surface area contributed by atoms with E-state index in [0.29, 0.717) is 12.2 Å². The number of ether oxygens (including phenoxy) is 1. The largest absolute Gasteiger partial charge is 0.373 e. The number of benzene rings is 2. The molecule has 6 nitrogen and oxygen atoms in total. The van der Waals surface area contributed by atoms with Gasteiger partial charge in [-0.1, -0.05) is 59.8 Å². The summed E-state index contributed by atoms with van der Waals surface area (Å²) in [5, 5.41) is 6.88. The maximum atomic E-state index is 12.4. The molecule has 0 radical (unpaired) electrons. The lowest BCUT2D eigenvalue weighted by Crippen LogP contribution is -2.44. The SMILES string of the molecule is CC1CN(Cc2ccc(CNC(=O)c3cc(-c4ccccc4)no3)cc2)CC(C)O1. The number of aromatic nitrogens is 1. The minimum absolute atomic E-state index is 0.209. The summed E-state index contributed by atoms with van der Waals surface area (Å²) in [4.78, 5) is 14.8. The average molecular weight is 405 g/mol. The molecular formula is C24H27N3O3. The van der Waals surface area contributed by atoms with Crippen LogP contribution in [0.1, 0.15) is 35.5 Å². The zero-order chi connectivity index (χ0) is 20.9. The van der Waals surface area contributed by atoms with Crippen LogP contribution in [0.5, 0.6) is 0 Å². The topological polar surface area (TPSA) is 67.6 Å². The lowest BCUT2D eigenvalue weighted by atomic mass is 10.1. The zero-order valence-corrected chi connectivity index (χ0v) is 17.4. The third-order valence-electron chi connectivity index (χ3n) is 5.18. The molecule has 1 aromatic heterocycles. The highest BCUT2D eigenvalue weighted by molar-refractivity contribution is 5.92. The highest BCUT2D eigenvalue weighted by Gasteiger charge is 2.22. The normalized spacial score (nSPS) is 19.5. The van der Waals surface area contributed by atoms with Crippen molar-refractivity contribution in [2.75, 3.05) is 13.1 Å². The highest BCUT2D eigenvalue weighted by Crippen LogP contribution is 2.19. The van der Waals surface area contributed by atoms with Crippen LogP contribution in [0.4, 0.5) is 0 Å². The predicted octanol–water partition coefficient (Wildman–Crippen LogP) is 3.88. The second-order valence-electron chi connectivity index (χ2n) is 7.89. The van der Waals surface area contributed by atoms with Crippen molar-refractivity contribution in [3.8, 4) is 11.3 Å². The summed E-state index contributed by atoms with van der Waals surface area (Å²) in [6.07, 6.45) is 0.531. The van der Waals surface area contributed by atoms with Crippen LogP contribution in [-0.4, -0.2) is 41.3 Å². The van der Waals surface area contributed by atoms with Crippen LogP contribution in [0, 0.1) is 0 Å². The van der Waals surface area contributed by atoms with Gasteiger partial charge >= 0.3 is 0 Å². The molecule has 0 aliphatic carbocycles. The Bertz CT molecular complexity index is 959. The van der Waals surface area contributed by atoms with Gasteiger partial charge < -0.3 is 14.6 Å². The lowest BCUT2D eigenvalue weighted by molar-refractivity contribution is -0.0704. The van der Waals surface area contributed by atoms with Crippen LogP contribution in [0.25, 0.3) is 11.3 Å². The Morgan fingerprint density at radius 1 is 1.03 bits per heavy atom. The van der Waals surface area contributed by atoms with Gasteiger partial charge in [0.1, 0.15) is 5.69 Å². The Kier molecular flexibility index (Phi) is 6.26. The summed E-state index contributed by atoms with van der Waals surface area (Å²) in [6, 6.07) is 19.7. The monoisotopic (exact) mass is 405 g/mol. The molecule has 4 rings (SSSR count). The van der Waals surface area contributed by atoms with Gasteiger partial charge in [0.2, 0.25) is 5.76 Å². The molecule has 0 spiro atoms. The van der Waals surface area contributed by atoms with Gasteiger partial charge in [-0.05, 0) is 25.0 Å². The van der Waals surface area contributed by atoms with E-state index in [0.717, 1.165) is 30.8 Å². The summed E-state index contributed by atoms with van der Waals surface area (Å²) in [5.74, 6) is -0.0638. The number of hydrogen-bond donors (Lipinski definition) is 1. The molecule has 6 heteroatoms. The molecule has 0 saturated carbocycles. The summed E-state index contributed by atoms with van der Waals surface area (Å²) in [6.45, 7) is 7.48. The minimum Gasteiger partial charge on any atom is -0.373 e. The second kappa shape index (κ2) is 9.24. The number of carbonyl (C=O) groups is 1. The average Bonchev–Trinajstić information content (AvgIpc) is 3.23. The van der Waals surface area contributed by atoms with E-state index < -0.39 is 0 Å². The van der Waals surface area contributed by atoms with E-state index in [-0.39, 0.29) is 23.9 Å². The van der Waals surface area contributed by atoms with Gasteiger partial charge in [0.05, 0.1) is 12.2 Å². The van der Waals surface area contributed by atoms with Crippen LogP contribution in [-0.2, 0) is 17.8 Å². The molecule has 2 heterocycles. The van der Waals surface area contributed by atoms with E-state index in [9.17, 15) is 4.79 Å². The molecule has 2 aromatic carbocycles. The molecule has 30 heavy (non-hydrogen) atoms. The fourth-order valence-corrected chi connectivity index (χ4v) is 3.83. The van der Waals surface area contributed by atoms with E-state index in [1.54, 1.807) is 6.07 Å². The van der Waals surface area contributed by atoms with Crippen LogP contribution >= 0.6 is 0 Å². The van der Waals surface area contributed by atoms with Gasteiger partial charge in [0.15, 0.2) is 0 Å². The van der Waals surface area contributed by atoms with Crippen LogP contribution < -0.4 is 5.32 Å². The van der Waals surface area contributed by atoms with Crippen LogP contribution in [0.3, 0.4) is 0 Å². The van der Waals surface area contributed by atoms with Crippen molar-refractivity contribution in [1.82, 2.24) is 15.4 Å². The van der Waals surface area contributed by atoms with Crippen molar-refractivity contribution >= 4 is 5.91 Å². The Hall–Kier alpha value is -2.96. The Morgan fingerprint density at radius 2 is 1.70 bits per heavy atom. The van der Waals surface area contributed by atoms with E-state index in [2.05, 4.69) is 53.5 Å². The Balaban J connectivity index is 1.30. The van der Waals surface area contributed by atoms with E-state index in [1.807, 2.05) is 30.3 Å². The molecule has 1 amide bonds. The molecule has 1 saturated heterocycles. The van der Waals surface area contributed by atoms with Gasteiger partial charge in [-0.3, -0.25) is 9.69 Å². The van der Waals surface area contributed by atoms with E-state index >= 15 is 0 Å². The van der Waals surface area contributed by atoms with Crippen molar-refractivity contribution in [1.29, 1.82) is 0 Å². The molecule has 0 bridgehead atoms. The maximum Gasteiger partial charge on any atom is 0.290 e. The molecule has 2 unspecified atom stereocenters. The maximum absolute atomic E-state index is 12.4. The third kappa shape index (κ3) is 5.14. The van der Waals surface area contributed by atoms with Gasteiger partial charge in [0, 0.05) is 37.8 Å². The van der Waals surface area contributed by atoms with Gasteiger partial charge in [0.25, 0.3) is 5.91 Å². The summed E-state index contributed by atoms with van der Waals surface area (Å²) in [5.41, 5.74) is 3.87. The molecule has 1 aliphatic rings. The van der Waals surface area contributed by atoms with Crippen molar-refractivity contribution in [3.63, 3.8) is 0 Å². The number of hydrogen-bond acceptors (Lipinski definition) is 5. The molecule has 2 atom stereocenters. The van der Waals surface area contributed by atoms with Gasteiger partial charge in [-0.25, -0.2) is 0 Å².